The molecule has 1 unspecified atom stereocenters. The fourth-order valence-corrected chi connectivity index (χ4v) is 4.09. The molecule has 3 aromatic heterocycles. The zero-order chi connectivity index (χ0) is 22.9. The number of benzene rings is 1. The summed E-state index contributed by atoms with van der Waals surface area (Å²) in [7, 11) is 5.42. The number of aromatic nitrogens is 4. The van der Waals surface area contributed by atoms with Crippen molar-refractivity contribution in [3.05, 3.63) is 66.5 Å². The third-order valence-electron chi connectivity index (χ3n) is 5.94. The van der Waals surface area contributed by atoms with Gasteiger partial charge in [-0.05, 0) is 42.9 Å². The average Bonchev–Trinajstić information content (AvgIpc) is 3.25. The number of amides is 1. The lowest BCUT2D eigenvalue weighted by Gasteiger charge is -2.37. The number of piperazine rings is 1. The summed E-state index contributed by atoms with van der Waals surface area (Å²) in [6, 6.07) is 15.3. The molecule has 1 atom stereocenters. The quantitative estimate of drug-likeness (QED) is 0.507. The number of methoxy groups -OCH3 is 1. The van der Waals surface area contributed by atoms with Crippen LogP contribution in [0.25, 0.3) is 16.8 Å². The van der Waals surface area contributed by atoms with Gasteiger partial charge in [-0.3, -0.25) is 9.69 Å². The van der Waals surface area contributed by atoms with Crippen LogP contribution in [0.1, 0.15) is 11.6 Å². The Balaban J connectivity index is 1.44. The molecule has 0 aliphatic carbocycles. The van der Waals surface area contributed by atoms with E-state index in [0.717, 1.165) is 41.1 Å². The van der Waals surface area contributed by atoms with E-state index >= 15 is 0 Å². The van der Waals surface area contributed by atoms with Crippen molar-refractivity contribution in [2.24, 2.45) is 0 Å². The van der Waals surface area contributed by atoms with Crippen LogP contribution >= 0.6 is 0 Å². The van der Waals surface area contributed by atoms with E-state index in [1.807, 2.05) is 67.1 Å². The monoisotopic (exact) mass is 443 g/mol. The van der Waals surface area contributed by atoms with Crippen molar-refractivity contribution in [2.75, 3.05) is 39.6 Å². The number of ether oxygens (including phenoxy) is 1. The topological polar surface area (TPSA) is 87.9 Å². The van der Waals surface area contributed by atoms with Gasteiger partial charge in [-0.15, -0.1) is 5.10 Å². The zero-order valence-electron chi connectivity index (χ0n) is 18.8. The molecule has 1 aliphatic rings. The molecular formula is C24H25N7O2. The fourth-order valence-electron chi connectivity index (χ4n) is 4.09. The van der Waals surface area contributed by atoms with Crippen molar-refractivity contribution in [2.45, 2.75) is 6.04 Å². The number of anilines is 2. The van der Waals surface area contributed by atoms with Gasteiger partial charge in [-0.1, -0.05) is 12.1 Å². The number of hydrogen-bond donors (Lipinski definition) is 1. The summed E-state index contributed by atoms with van der Waals surface area (Å²) in [5, 5.41) is 7.96. The van der Waals surface area contributed by atoms with Gasteiger partial charge < -0.3 is 15.0 Å². The molecular weight excluding hydrogens is 418 g/mol. The molecule has 9 heteroatoms. The number of nitrogens with zero attached hydrogens (tertiary/aromatic N) is 6. The Morgan fingerprint density at radius 1 is 1.03 bits per heavy atom. The fraction of sp³-hybridized carbons (Fsp3) is 0.250. The third-order valence-corrected chi connectivity index (χ3v) is 5.94. The van der Waals surface area contributed by atoms with Crippen molar-refractivity contribution in [1.82, 2.24) is 29.4 Å². The summed E-state index contributed by atoms with van der Waals surface area (Å²) in [6.45, 7) is 1.57. The first-order valence-electron chi connectivity index (χ1n) is 10.7. The molecule has 0 bridgehead atoms. The Labute approximate surface area is 191 Å². The lowest BCUT2D eigenvalue weighted by Crippen LogP contribution is -2.48. The smallest absolute Gasteiger partial charge is 0.245 e. The molecule has 5 rings (SSSR count). The van der Waals surface area contributed by atoms with Crippen molar-refractivity contribution in [1.29, 1.82) is 0 Å². The summed E-state index contributed by atoms with van der Waals surface area (Å²) in [5.74, 6) is 1.12. The second kappa shape index (κ2) is 8.51. The number of carbonyl (C=O) groups excluding carboxylic acids is 1. The van der Waals surface area contributed by atoms with Crippen LogP contribution in [0, 0.1) is 0 Å². The van der Waals surface area contributed by atoms with Crippen LogP contribution in [-0.4, -0.2) is 69.6 Å². The van der Waals surface area contributed by atoms with Gasteiger partial charge in [-0.25, -0.2) is 14.5 Å². The molecule has 33 heavy (non-hydrogen) atoms. The highest BCUT2D eigenvalue weighted by molar-refractivity contribution is 5.84. The maximum absolute atomic E-state index is 12.8. The second-order valence-electron chi connectivity index (χ2n) is 8.12. The standard InChI is InChI=1S/C24H25N7O2/c1-29-11-12-30(2)23(32)22(29)16-5-4-6-18(13-16)27-24-26-15-19-8-9-20(31(19)28-24)17-7-10-21(33-3)25-14-17/h4-10,13-15,22H,11-12H2,1-3H3,(H,27,28). The number of hydrogen-bond acceptors (Lipinski definition) is 7. The molecule has 9 nitrogen and oxygen atoms in total. The van der Waals surface area contributed by atoms with Gasteiger partial charge in [0.15, 0.2) is 0 Å². The summed E-state index contributed by atoms with van der Waals surface area (Å²) in [4.78, 5) is 25.4. The van der Waals surface area contributed by atoms with Crippen molar-refractivity contribution >= 4 is 23.1 Å². The Kier molecular flexibility index (Phi) is 5.39. The zero-order valence-corrected chi connectivity index (χ0v) is 18.8. The van der Waals surface area contributed by atoms with Crippen LogP contribution in [-0.2, 0) is 4.79 Å². The van der Waals surface area contributed by atoms with Gasteiger partial charge in [0, 0.05) is 43.7 Å². The van der Waals surface area contributed by atoms with E-state index in [4.69, 9.17) is 4.74 Å². The maximum atomic E-state index is 12.8. The predicted molar refractivity (Wildman–Crippen MR) is 126 cm³/mol. The second-order valence-corrected chi connectivity index (χ2v) is 8.12. The minimum absolute atomic E-state index is 0.101. The van der Waals surface area contributed by atoms with E-state index < -0.39 is 0 Å². The third kappa shape index (κ3) is 3.98. The minimum atomic E-state index is -0.299. The first-order valence-corrected chi connectivity index (χ1v) is 10.7. The van der Waals surface area contributed by atoms with Crippen molar-refractivity contribution in [3.8, 4) is 17.1 Å². The highest BCUT2D eigenvalue weighted by Crippen LogP contribution is 2.28. The van der Waals surface area contributed by atoms with Crippen LogP contribution in [0.15, 0.2) is 60.9 Å². The molecule has 1 aromatic carbocycles. The van der Waals surface area contributed by atoms with Crippen molar-refractivity contribution < 1.29 is 9.53 Å². The van der Waals surface area contributed by atoms with Crippen molar-refractivity contribution in [3.63, 3.8) is 0 Å². The molecule has 4 heterocycles. The Bertz CT molecular complexity index is 1300. The molecule has 1 saturated heterocycles. The average molecular weight is 444 g/mol. The van der Waals surface area contributed by atoms with Gasteiger partial charge in [0.05, 0.1) is 24.5 Å². The molecule has 1 N–H and O–H groups in total. The molecule has 0 saturated carbocycles. The van der Waals surface area contributed by atoms with E-state index in [1.165, 1.54) is 0 Å². The van der Waals surface area contributed by atoms with E-state index in [-0.39, 0.29) is 11.9 Å². The van der Waals surface area contributed by atoms with E-state index in [9.17, 15) is 4.79 Å². The Morgan fingerprint density at radius 3 is 2.70 bits per heavy atom. The molecule has 0 spiro atoms. The summed E-state index contributed by atoms with van der Waals surface area (Å²) in [6.07, 6.45) is 3.53. The number of nitrogens with one attached hydrogen (secondary N) is 1. The Morgan fingerprint density at radius 2 is 1.91 bits per heavy atom. The number of carbonyl (C=O) groups is 1. The molecule has 1 amide bonds. The summed E-state index contributed by atoms with van der Waals surface area (Å²) in [5.41, 5.74) is 4.45. The largest absolute Gasteiger partial charge is 0.481 e. The van der Waals surface area contributed by atoms with Crippen LogP contribution in [0.4, 0.5) is 11.6 Å². The lowest BCUT2D eigenvalue weighted by atomic mass is 10.0. The van der Waals surface area contributed by atoms with Gasteiger partial charge >= 0.3 is 0 Å². The molecule has 1 aliphatic heterocycles. The summed E-state index contributed by atoms with van der Waals surface area (Å²) < 4.78 is 6.98. The van der Waals surface area contributed by atoms with Gasteiger partial charge in [0.2, 0.25) is 17.7 Å². The minimum Gasteiger partial charge on any atom is -0.481 e. The van der Waals surface area contributed by atoms with Gasteiger partial charge in [0.1, 0.15) is 6.04 Å². The highest BCUT2D eigenvalue weighted by atomic mass is 16.5. The molecule has 0 radical (unpaired) electrons. The van der Waals surface area contributed by atoms with Crippen LogP contribution in [0.2, 0.25) is 0 Å². The predicted octanol–water partition coefficient (Wildman–Crippen LogP) is 2.99. The SMILES string of the molecule is COc1ccc(-c2ccc3cnc(Nc4cccc(C5C(=O)N(C)CCN5C)c4)nn23)cn1. The molecule has 1 fully saturated rings. The molecule has 168 valence electrons. The van der Waals surface area contributed by atoms with Crippen LogP contribution in [0.5, 0.6) is 5.88 Å². The first kappa shape index (κ1) is 20.9. The number of likely N-dealkylation sites (N-methyl/N-ethyl adjacent to an activating group) is 2. The highest BCUT2D eigenvalue weighted by Gasteiger charge is 2.32. The number of rotatable bonds is 5. The van der Waals surface area contributed by atoms with E-state index in [0.29, 0.717) is 11.8 Å². The summed E-state index contributed by atoms with van der Waals surface area (Å²) >= 11 is 0. The van der Waals surface area contributed by atoms with Crippen LogP contribution < -0.4 is 10.1 Å². The van der Waals surface area contributed by atoms with E-state index in [1.54, 1.807) is 24.4 Å². The molecule has 4 aromatic rings. The Hall–Kier alpha value is -3.98. The lowest BCUT2D eigenvalue weighted by molar-refractivity contribution is -0.139. The maximum Gasteiger partial charge on any atom is 0.245 e. The van der Waals surface area contributed by atoms with Crippen LogP contribution in [0.3, 0.4) is 0 Å². The first-order chi connectivity index (χ1) is 16.0. The normalized spacial score (nSPS) is 16.9. The number of fused-ring (bicyclic) bond motifs is 1. The van der Waals surface area contributed by atoms with E-state index in [2.05, 4.69) is 25.3 Å². The van der Waals surface area contributed by atoms with Gasteiger partial charge in [-0.2, -0.15) is 0 Å². The van der Waals surface area contributed by atoms with Gasteiger partial charge in [0.25, 0.3) is 0 Å². The number of pyridine rings is 1.